The van der Waals surface area contributed by atoms with Gasteiger partial charge in [0.15, 0.2) is 0 Å². The molecule has 1 aliphatic rings. The fraction of sp³-hybridized carbons (Fsp3) is 0.300. The van der Waals surface area contributed by atoms with Gasteiger partial charge in [-0.25, -0.2) is 17.8 Å². The van der Waals surface area contributed by atoms with E-state index in [2.05, 4.69) is 4.98 Å². The van der Waals surface area contributed by atoms with Gasteiger partial charge < -0.3 is 4.74 Å². The molecule has 0 N–H and O–H groups in total. The minimum absolute atomic E-state index is 0.103. The number of nitrogens with zero attached hydrogens (tertiary/aromatic N) is 2. The lowest BCUT2D eigenvalue weighted by Gasteiger charge is -2.30. The molecule has 3 aromatic rings. The van der Waals surface area contributed by atoms with Crippen LogP contribution in [-0.4, -0.2) is 36.8 Å². The normalized spacial score (nSPS) is 16.2. The van der Waals surface area contributed by atoms with Gasteiger partial charge in [-0.2, -0.15) is 4.31 Å². The quantitative estimate of drug-likeness (QED) is 0.574. The Bertz CT molecular complexity index is 1110. The van der Waals surface area contributed by atoms with E-state index in [0.717, 1.165) is 21.3 Å². The van der Waals surface area contributed by atoms with Crippen molar-refractivity contribution < 1.29 is 22.3 Å². The van der Waals surface area contributed by atoms with Crippen molar-refractivity contribution in [3.8, 4) is 0 Å². The minimum atomic E-state index is -3.91. The molecule has 0 unspecified atom stereocenters. The molecule has 0 spiro atoms. The number of carbonyl (C=O) groups is 1. The van der Waals surface area contributed by atoms with E-state index in [1.807, 2.05) is 24.3 Å². The van der Waals surface area contributed by atoms with Crippen molar-refractivity contribution in [2.75, 3.05) is 13.1 Å². The van der Waals surface area contributed by atoms with Gasteiger partial charge in [-0.1, -0.05) is 24.3 Å². The van der Waals surface area contributed by atoms with Crippen LogP contribution in [0.1, 0.15) is 17.8 Å². The van der Waals surface area contributed by atoms with Crippen LogP contribution in [0.5, 0.6) is 0 Å². The third-order valence-electron chi connectivity index (χ3n) is 4.92. The second-order valence-corrected chi connectivity index (χ2v) is 9.81. The van der Waals surface area contributed by atoms with Crippen LogP contribution < -0.4 is 0 Å². The Morgan fingerprint density at radius 2 is 1.83 bits per heavy atom. The number of esters is 1. The summed E-state index contributed by atoms with van der Waals surface area (Å²) < 4.78 is 46.8. The summed E-state index contributed by atoms with van der Waals surface area (Å²) in [7, 11) is -3.91. The van der Waals surface area contributed by atoms with Crippen LogP contribution in [0.15, 0.2) is 53.4 Å². The van der Waals surface area contributed by atoms with Gasteiger partial charge in [0.1, 0.15) is 22.3 Å². The SMILES string of the molecule is O=C(OCc1nc2ccccc2s1)C1CCN(S(=O)(=O)c2ccccc2F)CC1. The van der Waals surface area contributed by atoms with Crippen molar-refractivity contribution in [2.45, 2.75) is 24.3 Å². The molecule has 1 aliphatic heterocycles. The van der Waals surface area contributed by atoms with Gasteiger partial charge in [-0.15, -0.1) is 11.3 Å². The van der Waals surface area contributed by atoms with E-state index in [4.69, 9.17) is 4.74 Å². The number of halogens is 1. The van der Waals surface area contributed by atoms with Gasteiger partial charge >= 0.3 is 5.97 Å². The molecule has 1 aromatic heterocycles. The van der Waals surface area contributed by atoms with E-state index in [0.29, 0.717) is 12.8 Å². The molecule has 0 radical (unpaired) electrons. The van der Waals surface area contributed by atoms with E-state index in [1.165, 1.54) is 33.8 Å². The molecule has 0 bridgehead atoms. The van der Waals surface area contributed by atoms with E-state index < -0.39 is 15.8 Å². The number of piperidine rings is 1. The number of hydrogen-bond acceptors (Lipinski definition) is 6. The number of benzene rings is 2. The van der Waals surface area contributed by atoms with Crippen molar-refractivity contribution in [2.24, 2.45) is 5.92 Å². The van der Waals surface area contributed by atoms with Crippen LogP contribution in [0.2, 0.25) is 0 Å². The Kier molecular flexibility index (Phi) is 5.62. The first-order valence-electron chi connectivity index (χ1n) is 9.21. The zero-order valence-electron chi connectivity index (χ0n) is 15.5. The lowest BCUT2D eigenvalue weighted by molar-refractivity contribution is -0.151. The summed E-state index contributed by atoms with van der Waals surface area (Å²) in [4.78, 5) is 16.5. The molecule has 0 aliphatic carbocycles. The van der Waals surface area contributed by atoms with Gasteiger partial charge in [0.05, 0.1) is 16.1 Å². The average molecular weight is 435 g/mol. The van der Waals surface area contributed by atoms with E-state index in [1.54, 1.807) is 0 Å². The van der Waals surface area contributed by atoms with Crippen molar-refractivity contribution in [1.29, 1.82) is 0 Å². The highest BCUT2D eigenvalue weighted by molar-refractivity contribution is 7.89. The number of rotatable bonds is 5. The maximum absolute atomic E-state index is 13.9. The van der Waals surface area contributed by atoms with Crippen molar-refractivity contribution in [3.63, 3.8) is 0 Å². The van der Waals surface area contributed by atoms with Crippen LogP contribution in [0.3, 0.4) is 0 Å². The van der Waals surface area contributed by atoms with Gasteiger partial charge in [0, 0.05) is 13.1 Å². The van der Waals surface area contributed by atoms with Gasteiger partial charge in [0.2, 0.25) is 10.0 Å². The molecular formula is C20H19FN2O4S2. The second-order valence-electron chi connectivity index (χ2n) is 6.79. The summed E-state index contributed by atoms with van der Waals surface area (Å²) in [5, 5.41) is 0.721. The number of para-hydroxylation sites is 1. The third-order valence-corrected chi connectivity index (χ3v) is 7.86. The minimum Gasteiger partial charge on any atom is -0.458 e. The largest absolute Gasteiger partial charge is 0.458 e. The predicted octanol–water partition coefficient (Wildman–Crippen LogP) is 3.58. The zero-order valence-corrected chi connectivity index (χ0v) is 17.1. The van der Waals surface area contributed by atoms with Crippen molar-refractivity contribution >= 4 is 37.5 Å². The lowest BCUT2D eigenvalue weighted by Crippen LogP contribution is -2.40. The topological polar surface area (TPSA) is 76.6 Å². The molecular weight excluding hydrogens is 415 g/mol. The Morgan fingerprint density at radius 1 is 1.14 bits per heavy atom. The van der Waals surface area contributed by atoms with Crippen LogP contribution in [0.4, 0.5) is 4.39 Å². The van der Waals surface area contributed by atoms with Crippen LogP contribution in [0, 0.1) is 11.7 Å². The lowest BCUT2D eigenvalue weighted by atomic mass is 9.98. The highest BCUT2D eigenvalue weighted by Crippen LogP contribution is 2.27. The fourth-order valence-electron chi connectivity index (χ4n) is 3.36. The first-order valence-corrected chi connectivity index (χ1v) is 11.5. The molecule has 4 rings (SSSR count). The fourth-order valence-corrected chi connectivity index (χ4v) is 5.77. The molecule has 152 valence electrons. The molecule has 2 aromatic carbocycles. The Balaban J connectivity index is 1.34. The van der Waals surface area contributed by atoms with Crippen LogP contribution in [0.25, 0.3) is 10.2 Å². The maximum Gasteiger partial charge on any atom is 0.309 e. The molecule has 0 atom stereocenters. The number of aromatic nitrogens is 1. The van der Waals surface area contributed by atoms with Gasteiger partial charge in [0.25, 0.3) is 0 Å². The van der Waals surface area contributed by atoms with Gasteiger partial charge in [-0.05, 0) is 37.1 Å². The van der Waals surface area contributed by atoms with Crippen LogP contribution in [-0.2, 0) is 26.2 Å². The predicted molar refractivity (Wildman–Crippen MR) is 107 cm³/mol. The molecule has 1 fully saturated rings. The Morgan fingerprint density at radius 3 is 2.55 bits per heavy atom. The van der Waals surface area contributed by atoms with E-state index in [9.17, 15) is 17.6 Å². The molecule has 0 saturated carbocycles. The zero-order chi connectivity index (χ0) is 20.4. The molecule has 6 nitrogen and oxygen atoms in total. The van der Waals surface area contributed by atoms with Gasteiger partial charge in [-0.3, -0.25) is 4.79 Å². The van der Waals surface area contributed by atoms with Crippen molar-refractivity contribution in [1.82, 2.24) is 9.29 Å². The number of carbonyl (C=O) groups excluding carboxylic acids is 1. The van der Waals surface area contributed by atoms with Crippen LogP contribution >= 0.6 is 11.3 Å². The summed E-state index contributed by atoms with van der Waals surface area (Å²) in [6.07, 6.45) is 0.679. The molecule has 0 amide bonds. The standard InChI is InChI=1S/C20H19FN2O4S2/c21-15-5-1-4-8-18(15)29(25,26)23-11-9-14(10-12-23)20(24)27-13-19-22-16-6-2-3-7-17(16)28-19/h1-8,14H,9-13H2. The number of sulfonamides is 1. The molecule has 9 heteroatoms. The third kappa shape index (κ3) is 4.17. The molecule has 29 heavy (non-hydrogen) atoms. The van der Waals surface area contributed by atoms with Crippen molar-refractivity contribution in [3.05, 3.63) is 59.4 Å². The first kappa shape index (κ1) is 19.9. The van der Waals surface area contributed by atoms with E-state index >= 15 is 0 Å². The highest BCUT2D eigenvalue weighted by atomic mass is 32.2. The summed E-state index contributed by atoms with van der Waals surface area (Å²) in [5.74, 6) is -1.51. The smallest absolute Gasteiger partial charge is 0.309 e. The summed E-state index contributed by atoms with van der Waals surface area (Å²) in [6, 6.07) is 13.0. The monoisotopic (exact) mass is 434 g/mol. The summed E-state index contributed by atoms with van der Waals surface area (Å²) in [6.45, 7) is 0.404. The summed E-state index contributed by atoms with van der Waals surface area (Å²) in [5.41, 5.74) is 0.871. The number of ether oxygens (including phenoxy) is 1. The first-order chi connectivity index (χ1) is 13.9. The highest BCUT2D eigenvalue weighted by Gasteiger charge is 2.34. The molecule has 1 saturated heterocycles. The Hall–Kier alpha value is -2.36. The maximum atomic E-state index is 13.9. The number of thiazole rings is 1. The molecule has 2 heterocycles. The average Bonchev–Trinajstić information content (AvgIpc) is 3.15. The van der Waals surface area contributed by atoms with E-state index in [-0.39, 0.29) is 36.5 Å². The number of hydrogen-bond donors (Lipinski definition) is 0. The number of fused-ring (bicyclic) bond motifs is 1. The summed E-state index contributed by atoms with van der Waals surface area (Å²) >= 11 is 1.48. The second kappa shape index (κ2) is 8.17. The Labute approximate surface area is 172 Å².